The van der Waals surface area contributed by atoms with E-state index in [0.717, 1.165) is 47.5 Å². The third-order valence-electron chi connectivity index (χ3n) is 5.42. The average Bonchev–Trinajstić information content (AvgIpc) is 3.20. The topological polar surface area (TPSA) is 64.3 Å². The van der Waals surface area contributed by atoms with E-state index in [2.05, 4.69) is 28.7 Å². The van der Waals surface area contributed by atoms with Crippen molar-refractivity contribution in [2.45, 2.75) is 52.2 Å². The molecular formula is C19H22N4O2. The molecule has 1 fully saturated rings. The highest BCUT2D eigenvalue weighted by molar-refractivity contribution is 6.06. The Morgan fingerprint density at radius 1 is 1.12 bits per heavy atom. The molecule has 3 aromatic rings. The Labute approximate surface area is 146 Å². The van der Waals surface area contributed by atoms with Gasteiger partial charge in [-0.25, -0.2) is 15.0 Å². The normalized spacial score (nSPS) is 19.7. The summed E-state index contributed by atoms with van der Waals surface area (Å²) in [6.45, 7) is 8.92. The maximum atomic E-state index is 6.19. The van der Waals surface area contributed by atoms with Crippen LogP contribution in [0.4, 0.5) is 5.82 Å². The number of ether oxygens (including phenoxy) is 1. The van der Waals surface area contributed by atoms with Gasteiger partial charge in [0.25, 0.3) is 0 Å². The number of fused-ring (bicyclic) bond motifs is 5. The second-order valence-electron chi connectivity index (χ2n) is 7.73. The first-order valence-corrected chi connectivity index (χ1v) is 8.98. The first-order chi connectivity index (χ1) is 12.0. The first-order valence-electron chi connectivity index (χ1n) is 8.98. The number of aryl methyl sites for hydroxylation is 1. The van der Waals surface area contributed by atoms with Crippen molar-refractivity contribution in [1.82, 2.24) is 15.0 Å². The van der Waals surface area contributed by atoms with Crippen LogP contribution >= 0.6 is 0 Å². The number of hydrogen-bond donors (Lipinski definition) is 0. The van der Waals surface area contributed by atoms with Gasteiger partial charge in [-0.1, -0.05) is 0 Å². The number of rotatable bonds is 1. The van der Waals surface area contributed by atoms with Gasteiger partial charge in [-0.3, -0.25) is 0 Å². The van der Waals surface area contributed by atoms with Crippen molar-refractivity contribution >= 4 is 28.0 Å². The van der Waals surface area contributed by atoms with Gasteiger partial charge in [0.05, 0.1) is 17.6 Å². The lowest BCUT2D eigenvalue weighted by molar-refractivity contribution is -0.0400. The summed E-state index contributed by atoms with van der Waals surface area (Å²) >= 11 is 0. The molecule has 0 bridgehead atoms. The van der Waals surface area contributed by atoms with Crippen LogP contribution in [-0.4, -0.2) is 33.6 Å². The number of hydrogen-bond acceptors (Lipinski definition) is 6. The Morgan fingerprint density at radius 3 is 2.72 bits per heavy atom. The minimum absolute atomic E-state index is 0.192. The van der Waals surface area contributed by atoms with Crippen LogP contribution in [0, 0.1) is 6.92 Å². The molecule has 0 spiro atoms. The van der Waals surface area contributed by atoms with E-state index in [1.165, 1.54) is 24.0 Å². The van der Waals surface area contributed by atoms with Crippen LogP contribution in [0.2, 0.25) is 0 Å². The fourth-order valence-electron chi connectivity index (χ4n) is 4.11. The first kappa shape index (κ1) is 15.1. The second-order valence-corrected chi connectivity index (χ2v) is 7.73. The summed E-state index contributed by atoms with van der Waals surface area (Å²) < 4.78 is 12.2. The molecule has 0 N–H and O–H groups in total. The van der Waals surface area contributed by atoms with Gasteiger partial charge < -0.3 is 14.1 Å². The van der Waals surface area contributed by atoms with Crippen LogP contribution in [0.1, 0.15) is 43.5 Å². The molecule has 5 rings (SSSR count). The van der Waals surface area contributed by atoms with E-state index in [4.69, 9.17) is 14.1 Å². The Hall–Kier alpha value is -2.21. The summed E-state index contributed by atoms with van der Waals surface area (Å²) in [5.41, 5.74) is 5.55. The Bertz CT molecular complexity index is 986. The van der Waals surface area contributed by atoms with Crippen LogP contribution in [0.15, 0.2) is 10.7 Å². The summed E-state index contributed by atoms with van der Waals surface area (Å²) in [6, 6.07) is 0. The molecule has 6 heteroatoms. The van der Waals surface area contributed by atoms with E-state index < -0.39 is 0 Å². The molecule has 0 radical (unpaired) electrons. The summed E-state index contributed by atoms with van der Waals surface area (Å²) in [6.07, 6.45) is 4.88. The van der Waals surface area contributed by atoms with Crippen LogP contribution < -0.4 is 4.90 Å². The molecule has 2 aliphatic heterocycles. The zero-order chi connectivity index (χ0) is 17.2. The van der Waals surface area contributed by atoms with Gasteiger partial charge in [-0.05, 0) is 39.2 Å². The molecule has 5 heterocycles. The molecule has 0 saturated carbocycles. The van der Waals surface area contributed by atoms with Gasteiger partial charge in [-0.15, -0.1) is 0 Å². The number of pyridine rings is 1. The molecule has 0 aliphatic carbocycles. The fourth-order valence-corrected chi connectivity index (χ4v) is 4.11. The predicted molar refractivity (Wildman–Crippen MR) is 95.9 cm³/mol. The average molecular weight is 338 g/mol. The monoisotopic (exact) mass is 338 g/mol. The third-order valence-corrected chi connectivity index (χ3v) is 5.42. The minimum Gasteiger partial charge on any atom is -0.432 e. The molecule has 0 unspecified atom stereocenters. The molecule has 25 heavy (non-hydrogen) atoms. The van der Waals surface area contributed by atoms with Gasteiger partial charge in [0.15, 0.2) is 11.4 Å². The van der Waals surface area contributed by atoms with Crippen LogP contribution in [0.25, 0.3) is 22.2 Å². The van der Waals surface area contributed by atoms with Crippen molar-refractivity contribution in [3.63, 3.8) is 0 Å². The number of nitrogens with zero attached hydrogens (tertiary/aromatic N) is 4. The second kappa shape index (κ2) is 5.14. The quantitative estimate of drug-likeness (QED) is 0.676. The highest BCUT2D eigenvalue weighted by Gasteiger charge is 2.32. The van der Waals surface area contributed by atoms with Crippen molar-refractivity contribution in [3.8, 4) is 0 Å². The molecular weight excluding hydrogens is 316 g/mol. The zero-order valence-electron chi connectivity index (χ0n) is 14.9. The number of furan rings is 1. The molecule has 130 valence electrons. The summed E-state index contributed by atoms with van der Waals surface area (Å²) in [5.74, 6) is 0.901. The molecule has 2 aliphatic rings. The molecule has 3 aromatic heterocycles. The van der Waals surface area contributed by atoms with Gasteiger partial charge >= 0.3 is 0 Å². The SMILES string of the molecule is Cc1nc2oc3c(N4CCCC4)ncnc3c2c2c1COC(C)(C)C2. The van der Waals surface area contributed by atoms with Crippen molar-refractivity contribution in [2.75, 3.05) is 18.0 Å². The van der Waals surface area contributed by atoms with Gasteiger partial charge in [0.1, 0.15) is 11.8 Å². The van der Waals surface area contributed by atoms with E-state index in [0.29, 0.717) is 12.3 Å². The fraction of sp³-hybridized carbons (Fsp3) is 0.526. The minimum atomic E-state index is -0.192. The number of aromatic nitrogens is 3. The highest BCUT2D eigenvalue weighted by Crippen LogP contribution is 2.40. The van der Waals surface area contributed by atoms with Crippen LogP contribution in [-0.2, 0) is 17.8 Å². The van der Waals surface area contributed by atoms with Crippen LogP contribution in [0.5, 0.6) is 0 Å². The Balaban J connectivity index is 1.82. The van der Waals surface area contributed by atoms with E-state index >= 15 is 0 Å². The Kier molecular flexibility index (Phi) is 3.10. The smallest absolute Gasteiger partial charge is 0.229 e. The van der Waals surface area contributed by atoms with Crippen molar-refractivity contribution in [3.05, 3.63) is 23.1 Å². The molecule has 1 saturated heterocycles. The number of anilines is 1. The van der Waals surface area contributed by atoms with E-state index in [-0.39, 0.29) is 5.60 Å². The van der Waals surface area contributed by atoms with E-state index in [9.17, 15) is 0 Å². The van der Waals surface area contributed by atoms with Crippen molar-refractivity contribution in [1.29, 1.82) is 0 Å². The van der Waals surface area contributed by atoms with Crippen molar-refractivity contribution < 1.29 is 9.15 Å². The lowest BCUT2D eigenvalue weighted by Crippen LogP contribution is -2.32. The summed E-state index contributed by atoms with van der Waals surface area (Å²) in [5, 5.41) is 1.04. The lowest BCUT2D eigenvalue weighted by Gasteiger charge is -2.32. The van der Waals surface area contributed by atoms with E-state index in [1.54, 1.807) is 6.33 Å². The summed E-state index contributed by atoms with van der Waals surface area (Å²) in [7, 11) is 0. The van der Waals surface area contributed by atoms with E-state index in [1.807, 2.05) is 6.92 Å². The molecule has 0 amide bonds. The summed E-state index contributed by atoms with van der Waals surface area (Å²) in [4.78, 5) is 16.1. The molecule has 6 nitrogen and oxygen atoms in total. The predicted octanol–water partition coefficient (Wildman–Crippen LogP) is 3.53. The zero-order valence-corrected chi connectivity index (χ0v) is 14.9. The van der Waals surface area contributed by atoms with Gasteiger partial charge in [0, 0.05) is 30.8 Å². The maximum absolute atomic E-state index is 6.19. The van der Waals surface area contributed by atoms with Crippen LogP contribution in [0.3, 0.4) is 0 Å². The maximum Gasteiger partial charge on any atom is 0.229 e. The van der Waals surface area contributed by atoms with Gasteiger partial charge in [-0.2, -0.15) is 0 Å². The van der Waals surface area contributed by atoms with Crippen molar-refractivity contribution in [2.24, 2.45) is 0 Å². The standard InChI is InChI=1S/C19H22N4O2/c1-11-13-9-24-19(2,3)8-12(13)14-15-16(25-18(14)22-11)17(21-10-20-15)23-6-4-5-7-23/h10H,4-9H2,1-3H3. The molecule has 0 aromatic carbocycles. The van der Waals surface area contributed by atoms with Gasteiger partial charge in [0.2, 0.25) is 5.71 Å². The lowest BCUT2D eigenvalue weighted by atomic mass is 9.89. The highest BCUT2D eigenvalue weighted by atomic mass is 16.5. The third kappa shape index (κ3) is 2.24. The largest absolute Gasteiger partial charge is 0.432 e. The Morgan fingerprint density at radius 2 is 1.92 bits per heavy atom. The molecule has 0 atom stereocenters.